The van der Waals surface area contributed by atoms with Crippen LogP contribution in [0.5, 0.6) is 0 Å². The van der Waals surface area contributed by atoms with Crippen LogP contribution < -0.4 is 10.6 Å². The molecule has 2 amide bonds. The van der Waals surface area contributed by atoms with E-state index in [2.05, 4.69) is 10.6 Å². The van der Waals surface area contributed by atoms with E-state index in [9.17, 15) is 9.59 Å². The van der Waals surface area contributed by atoms with Crippen molar-refractivity contribution in [1.29, 1.82) is 0 Å². The van der Waals surface area contributed by atoms with Crippen molar-refractivity contribution in [2.45, 2.75) is 37.9 Å². The highest BCUT2D eigenvalue weighted by Gasteiger charge is 2.35. The normalized spacial score (nSPS) is 15.7. The van der Waals surface area contributed by atoms with Crippen LogP contribution in [0.3, 0.4) is 0 Å². The average Bonchev–Trinajstić information content (AvgIpc) is 3.40. The van der Waals surface area contributed by atoms with E-state index in [0.29, 0.717) is 31.0 Å². The Morgan fingerprint density at radius 2 is 1.53 bits per heavy atom. The van der Waals surface area contributed by atoms with Gasteiger partial charge in [-0.15, -0.1) is 0 Å². The highest BCUT2D eigenvalue weighted by Crippen LogP contribution is 2.20. The fourth-order valence-electron chi connectivity index (χ4n) is 4.52. The molecule has 3 aromatic rings. The zero-order chi connectivity index (χ0) is 25.3. The van der Waals surface area contributed by atoms with Crippen LogP contribution >= 0.6 is 12.2 Å². The first-order chi connectivity index (χ1) is 17.5. The number of carbonyl (C=O) groups is 2. The van der Waals surface area contributed by atoms with Gasteiger partial charge in [0.1, 0.15) is 12.1 Å². The lowest BCUT2D eigenvalue weighted by molar-refractivity contribution is -0.136. The lowest BCUT2D eigenvalue weighted by Gasteiger charge is -2.30. The molecule has 1 aliphatic heterocycles. The summed E-state index contributed by atoms with van der Waals surface area (Å²) in [5.74, 6) is -0.294. The van der Waals surface area contributed by atoms with E-state index < -0.39 is 12.1 Å². The maximum absolute atomic E-state index is 13.5. The van der Waals surface area contributed by atoms with Gasteiger partial charge in [0.25, 0.3) is 0 Å². The van der Waals surface area contributed by atoms with Crippen LogP contribution in [-0.2, 0) is 22.6 Å². The minimum atomic E-state index is -0.674. The quantitative estimate of drug-likeness (QED) is 0.453. The second kappa shape index (κ2) is 12.3. The minimum Gasteiger partial charge on any atom is -0.342 e. The smallest absolute Gasteiger partial charge is 0.245 e. The average molecular weight is 501 g/mol. The summed E-state index contributed by atoms with van der Waals surface area (Å²) in [5.41, 5.74) is 2.92. The van der Waals surface area contributed by atoms with Gasteiger partial charge in [-0.25, -0.2) is 0 Å². The van der Waals surface area contributed by atoms with E-state index in [1.165, 1.54) is 0 Å². The van der Waals surface area contributed by atoms with Gasteiger partial charge in [-0.05, 0) is 48.3 Å². The van der Waals surface area contributed by atoms with Crippen LogP contribution in [0.25, 0.3) is 0 Å². The summed E-state index contributed by atoms with van der Waals surface area (Å²) in [6.45, 7) is 1.17. The lowest BCUT2D eigenvalue weighted by Crippen LogP contribution is -2.54. The molecule has 0 unspecified atom stereocenters. The van der Waals surface area contributed by atoms with Gasteiger partial charge in [-0.1, -0.05) is 78.9 Å². The number of amides is 2. The monoisotopic (exact) mass is 500 g/mol. The number of thiocarbonyl (C=S) groups is 1. The first kappa shape index (κ1) is 25.4. The summed E-state index contributed by atoms with van der Waals surface area (Å²) in [4.78, 5) is 30.6. The molecule has 2 N–H and O–H groups in total. The topological polar surface area (TPSA) is 64.7 Å². The van der Waals surface area contributed by atoms with Gasteiger partial charge >= 0.3 is 0 Å². The molecule has 0 aromatic heterocycles. The maximum atomic E-state index is 13.5. The first-order valence-corrected chi connectivity index (χ1v) is 12.7. The van der Waals surface area contributed by atoms with Crippen LogP contribution in [-0.4, -0.2) is 52.4 Å². The third-order valence-corrected chi connectivity index (χ3v) is 6.71. The third-order valence-electron chi connectivity index (χ3n) is 6.38. The summed E-state index contributed by atoms with van der Waals surface area (Å²) in [6.07, 6.45) is 1.97. The van der Waals surface area contributed by atoms with Crippen LogP contribution in [0, 0.1) is 0 Å². The molecule has 1 saturated heterocycles. The molecular formula is C29H32N4O2S. The Balaban J connectivity index is 1.46. The van der Waals surface area contributed by atoms with Gasteiger partial charge in [0.2, 0.25) is 11.8 Å². The number of carbonyl (C=O) groups excluding carboxylic acids is 2. The van der Waals surface area contributed by atoms with Crippen molar-refractivity contribution in [3.8, 4) is 0 Å². The van der Waals surface area contributed by atoms with E-state index in [1.807, 2.05) is 95.9 Å². The fourth-order valence-corrected chi connectivity index (χ4v) is 4.85. The molecule has 1 aliphatic rings. The molecule has 0 aliphatic carbocycles. The first-order valence-electron chi connectivity index (χ1n) is 12.3. The SMILES string of the molecule is CN(Cc1ccccc1)C(=O)[C@H](Cc1ccccc1)NC(=O)[C@@H]1CCCN1C(=S)Nc1ccccc1. The Morgan fingerprint density at radius 1 is 0.944 bits per heavy atom. The lowest BCUT2D eigenvalue weighted by atomic mass is 10.0. The molecule has 0 bridgehead atoms. The van der Waals surface area contributed by atoms with Crippen LogP contribution in [0.4, 0.5) is 5.69 Å². The summed E-state index contributed by atoms with van der Waals surface area (Å²) in [7, 11) is 1.78. The molecule has 4 rings (SSSR count). The predicted octanol–water partition coefficient (Wildman–Crippen LogP) is 4.23. The van der Waals surface area contributed by atoms with Crippen molar-refractivity contribution in [3.63, 3.8) is 0 Å². The van der Waals surface area contributed by atoms with E-state index in [0.717, 1.165) is 23.2 Å². The van der Waals surface area contributed by atoms with Crippen molar-refractivity contribution in [1.82, 2.24) is 15.1 Å². The van der Waals surface area contributed by atoms with Crippen molar-refractivity contribution in [2.75, 3.05) is 18.9 Å². The number of likely N-dealkylation sites (tertiary alicyclic amines) is 1. The molecule has 1 fully saturated rings. The van der Waals surface area contributed by atoms with Crippen molar-refractivity contribution in [3.05, 3.63) is 102 Å². The van der Waals surface area contributed by atoms with Crippen LogP contribution in [0.1, 0.15) is 24.0 Å². The predicted molar refractivity (Wildman–Crippen MR) is 147 cm³/mol. The van der Waals surface area contributed by atoms with Gasteiger partial charge in [0.15, 0.2) is 5.11 Å². The van der Waals surface area contributed by atoms with Gasteiger partial charge < -0.3 is 20.4 Å². The Morgan fingerprint density at radius 3 is 2.17 bits per heavy atom. The van der Waals surface area contributed by atoms with Crippen LogP contribution in [0.2, 0.25) is 0 Å². The van der Waals surface area contributed by atoms with E-state index in [1.54, 1.807) is 11.9 Å². The van der Waals surface area contributed by atoms with E-state index in [4.69, 9.17) is 12.2 Å². The maximum Gasteiger partial charge on any atom is 0.245 e. The number of para-hydroxylation sites is 1. The summed E-state index contributed by atoms with van der Waals surface area (Å²) in [5, 5.41) is 6.82. The van der Waals surface area contributed by atoms with Gasteiger partial charge in [-0.2, -0.15) is 0 Å². The summed E-state index contributed by atoms with van der Waals surface area (Å²) < 4.78 is 0. The molecule has 0 radical (unpaired) electrons. The Labute approximate surface area is 218 Å². The number of anilines is 1. The van der Waals surface area contributed by atoms with Crippen molar-refractivity contribution in [2.24, 2.45) is 0 Å². The van der Waals surface area contributed by atoms with Gasteiger partial charge in [0.05, 0.1) is 0 Å². The van der Waals surface area contributed by atoms with Crippen molar-refractivity contribution < 1.29 is 9.59 Å². The number of nitrogens with zero attached hydrogens (tertiary/aromatic N) is 2. The third kappa shape index (κ3) is 6.70. The molecule has 6 nitrogen and oxygen atoms in total. The second-order valence-corrected chi connectivity index (χ2v) is 9.47. The molecule has 2 atom stereocenters. The Kier molecular flexibility index (Phi) is 8.68. The highest BCUT2D eigenvalue weighted by molar-refractivity contribution is 7.80. The highest BCUT2D eigenvalue weighted by atomic mass is 32.1. The van der Waals surface area contributed by atoms with Crippen LogP contribution in [0.15, 0.2) is 91.0 Å². The number of rotatable bonds is 8. The molecule has 7 heteroatoms. The number of hydrogen-bond donors (Lipinski definition) is 2. The van der Waals surface area contributed by atoms with E-state index in [-0.39, 0.29) is 11.8 Å². The molecule has 186 valence electrons. The van der Waals surface area contributed by atoms with Gasteiger partial charge in [-0.3, -0.25) is 9.59 Å². The molecular weight excluding hydrogens is 468 g/mol. The molecule has 1 heterocycles. The fraction of sp³-hybridized carbons (Fsp3) is 0.276. The Hall–Kier alpha value is -3.71. The number of likely N-dealkylation sites (N-methyl/N-ethyl adjacent to an activating group) is 1. The number of benzene rings is 3. The molecule has 3 aromatic carbocycles. The van der Waals surface area contributed by atoms with E-state index >= 15 is 0 Å². The number of nitrogens with one attached hydrogen (secondary N) is 2. The molecule has 0 spiro atoms. The van der Waals surface area contributed by atoms with Gasteiger partial charge in [0, 0.05) is 32.2 Å². The largest absolute Gasteiger partial charge is 0.342 e. The standard InChI is InChI=1S/C29H32N4O2S/c1-32(21-23-14-7-3-8-15-23)28(35)25(20-22-12-5-2-6-13-22)31-27(34)26-18-11-19-33(26)29(36)30-24-16-9-4-10-17-24/h2-10,12-17,25-26H,11,18-21H2,1H3,(H,30,36)(H,31,34)/t25-,26-/m0/s1. The Bertz CT molecular complexity index is 1160. The van der Waals surface area contributed by atoms with Crippen molar-refractivity contribution >= 4 is 34.8 Å². The minimum absolute atomic E-state index is 0.120. The zero-order valence-corrected chi connectivity index (χ0v) is 21.3. The summed E-state index contributed by atoms with van der Waals surface area (Å²) in [6, 6.07) is 28.2. The second-order valence-electron chi connectivity index (χ2n) is 9.08. The zero-order valence-electron chi connectivity index (χ0n) is 20.5. The molecule has 36 heavy (non-hydrogen) atoms. The molecule has 0 saturated carbocycles. The number of hydrogen-bond acceptors (Lipinski definition) is 3. The summed E-state index contributed by atoms with van der Waals surface area (Å²) >= 11 is 5.64.